The van der Waals surface area contributed by atoms with Crippen LogP contribution in [0.4, 0.5) is 0 Å². The standard InChI is InChI=1S/C19H29NO3S/c1-5-7-9-14(6-2)18(21)20-12-13-24-19(20)15-10-8-11-16(22-3)17(15)23-4/h8,10-11,14,19H,5-7,9,12-13H2,1-4H3/t14-,19-/m1/s1. The molecule has 0 spiro atoms. The van der Waals surface area contributed by atoms with E-state index in [9.17, 15) is 4.79 Å². The van der Waals surface area contributed by atoms with E-state index in [0.717, 1.165) is 49.3 Å². The molecular formula is C19H29NO3S. The van der Waals surface area contributed by atoms with Crippen LogP contribution in [0, 0.1) is 5.92 Å². The zero-order valence-electron chi connectivity index (χ0n) is 15.2. The molecule has 0 N–H and O–H groups in total. The maximum atomic E-state index is 13.1. The van der Waals surface area contributed by atoms with Crippen LogP contribution in [0.15, 0.2) is 18.2 Å². The minimum Gasteiger partial charge on any atom is -0.493 e. The highest BCUT2D eigenvalue weighted by Gasteiger charge is 2.35. The van der Waals surface area contributed by atoms with E-state index < -0.39 is 0 Å². The lowest BCUT2D eigenvalue weighted by atomic mass is 9.97. The second-order valence-electron chi connectivity index (χ2n) is 6.08. The second-order valence-corrected chi connectivity index (χ2v) is 7.27. The van der Waals surface area contributed by atoms with Crippen LogP contribution in [0.5, 0.6) is 11.5 Å². The monoisotopic (exact) mass is 351 g/mol. The maximum absolute atomic E-state index is 13.1. The summed E-state index contributed by atoms with van der Waals surface area (Å²) in [4.78, 5) is 15.1. The van der Waals surface area contributed by atoms with E-state index >= 15 is 0 Å². The van der Waals surface area contributed by atoms with Crippen molar-refractivity contribution in [1.82, 2.24) is 4.90 Å². The largest absolute Gasteiger partial charge is 0.493 e. The summed E-state index contributed by atoms with van der Waals surface area (Å²) in [5.41, 5.74) is 1.03. The molecule has 1 amide bonds. The van der Waals surface area contributed by atoms with Crippen molar-refractivity contribution in [3.8, 4) is 11.5 Å². The number of benzene rings is 1. The molecular weight excluding hydrogens is 322 g/mol. The van der Waals surface area contributed by atoms with Gasteiger partial charge in [0.15, 0.2) is 11.5 Å². The number of hydrogen-bond acceptors (Lipinski definition) is 4. The van der Waals surface area contributed by atoms with Crippen LogP contribution in [0.3, 0.4) is 0 Å². The van der Waals surface area contributed by atoms with Crippen molar-refractivity contribution in [3.05, 3.63) is 23.8 Å². The number of hydrogen-bond donors (Lipinski definition) is 0. The number of carbonyl (C=O) groups excluding carboxylic acids is 1. The van der Waals surface area contributed by atoms with Gasteiger partial charge in [0.1, 0.15) is 5.37 Å². The molecule has 0 bridgehead atoms. The van der Waals surface area contributed by atoms with Gasteiger partial charge >= 0.3 is 0 Å². The van der Waals surface area contributed by atoms with Crippen LogP contribution in [-0.2, 0) is 4.79 Å². The molecule has 1 heterocycles. The second kappa shape index (κ2) is 9.21. The number of rotatable bonds is 8. The Morgan fingerprint density at radius 3 is 2.75 bits per heavy atom. The maximum Gasteiger partial charge on any atom is 0.226 e. The van der Waals surface area contributed by atoms with Gasteiger partial charge in [-0.1, -0.05) is 38.8 Å². The van der Waals surface area contributed by atoms with Gasteiger partial charge in [0, 0.05) is 23.8 Å². The molecule has 1 aromatic rings. The fourth-order valence-corrected chi connectivity index (χ4v) is 4.53. The SMILES string of the molecule is CCCC[C@@H](CC)C(=O)N1CCS[C@@H]1c1cccc(OC)c1OC. The smallest absolute Gasteiger partial charge is 0.226 e. The van der Waals surface area contributed by atoms with E-state index in [1.54, 1.807) is 26.0 Å². The van der Waals surface area contributed by atoms with Gasteiger partial charge in [0.2, 0.25) is 5.91 Å². The summed E-state index contributed by atoms with van der Waals surface area (Å²) in [7, 11) is 3.30. The fourth-order valence-electron chi connectivity index (χ4n) is 3.25. The summed E-state index contributed by atoms with van der Waals surface area (Å²) in [5.74, 6) is 2.82. The number of ether oxygens (including phenoxy) is 2. The van der Waals surface area contributed by atoms with E-state index in [4.69, 9.17) is 9.47 Å². The molecule has 2 atom stereocenters. The molecule has 0 aliphatic carbocycles. The summed E-state index contributed by atoms with van der Waals surface area (Å²) in [6.45, 7) is 5.09. The number of methoxy groups -OCH3 is 2. The summed E-state index contributed by atoms with van der Waals surface area (Å²) in [6.07, 6.45) is 4.13. The zero-order valence-corrected chi connectivity index (χ0v) is 16.0. The Hall–Kier alpha value is -1.36. The molecule has 1 aliphatic heterocycles. The highest BCUT2D eigenvalue weighted by atomic mass is 32.2. The molecule has 1 aliphatic rings. The van der Waals surface area contributed by atoms with Gasteiger partial charge in [-0.3, -0.25) is 4.79 Å². The third-order valence-electron chi connectivity index (χ3n) is 4.62. The average molecular weight is 352 g/mol. The summed E-state index contributed by atoms with van der Waals surface area (Å²) in [6, 6.07) is 5.90. The molecule has 0 radical (unpaired) electrons. The molecule has 1 fully saturated rings. The van der Waals surface area contributed by atoms with Crippen LogP contribution in [-0.4, -0.2) is 37.3 Å². The quantitative estimate of drug-likeness (QED) is 0.691. The number of para-hydroxylation sites is 1. The van der Waals surface area contributed by atoms with E-state index in [-0.39, 0.29) is 17.2 Å². The molecule has 0 aromatic heterocycles. The normalized spacial score (nSPS) is 18.5. The van der Waals surface area contributed by atoms with Crippen molar-refractivity contribution in [2.24, 2.45) is 5.92 Å². The van der Waals surface area contributed by atoms with Gasteiger partial charge in [-0.15, -0.1) is 11.8 Å². The number of nitrogens with zero attached hydrogens (tertiary/aromatic N) is 1. The van der Waals surface area contributed by atoms with Gasteiger partial charge in [0.25, 0.3) is 0 Å². The molecule has 2 rings (SSSR count). The topological polar surface area (TPSA) is 38.8 Å². The molecule has 1 aromatic carbocycles. The van der Waals surface area contributed by atoms with E-state index in [1.165, 1.54) is 0 Å². The Morgan fingerprint density at radius 2 is 2.12 bits per heavy atom. The van der Waals surface area contributed by atoms with E-state index in [1.807, 2.05) is 23.1 Å². The number of thioether (sulfide) groups is 1. The third-order valence-corrected chi connectivity index (χ3v) is 5.86. The fraction of sp³-hybridized carbons (Fsp3) is 0.632. The van der Waals surface area contributed by atoms with Crippen molar-refractivity contribution in [2.45, 2.75) is 44.9 Å². The number of unbranched alkanes of at least 4 members (excludes halogenated alkanes) is 1. The first-order valence-corrected chi connectivity index (χ1v) is 9.85. The lowest BCUT2D eigenvalue weighted by Crippen LogP contribution is -2.35. The predicted octanol–water partition coefficient (Wildman–Crippen LogP) is 4.49. The predicted molar refractivity (Wildman–Crippen MR) is 99.8 cm³/mol. The first kappa shape index (κ1) is 19.0. The first-order valence-electron chi connectivity index (χ1n) is 8.80. The van der Waals surface area contributed by atoms with Crippen LogP contribution < -0.4 is 9.47 Å². The van der Waals surface area contributed by atoms with Gasteiger partial charge in [-0.2, -0.15) is 0 Å². The van der Waals surface area contributed by atoms with Crippen LogP contribution in [0.25, 0.3) is 0 Å². The van der Waals surface area contributed by atoms with Crippen LogP contribution >= 0.6 is 11.8 Å². The van der Waals surface area contributed by atoms with E-state index in [2.05, 4.69) is 13.8 Å². The lowest BCUT2D eigenvalue weighted by molar-refractivity contribution is -0.136. The van der Waals surface area contributed by atoms with E-state index in [0.29, 0.717) is 5.75 Å². The molecule has 5 heteroatoms. The molecule has 4 nitrogen and oxygen atoms in total. The molecule has 0 saturated carbocycles. The number of carbonyl (C=O) groups is 1. The number of amides is 1. The highest BCUT2D eigenvalue weighted by Crippen LogP contribution is 2.45. The highest BCUT2D eigenvalue weighted by molar-refractivity contribution is 7.99. The van der Waals surface area contributed by atoms with Crippen molar-refractivity contribution < 1.29 is 14.3 Å². The molecule has 24 heavy (non-hydrogen) atoms. The minimum absolute atomic E-state index is 0.0122. The van der Waals surface area contributed by atoms with Gasteiger partial charge in [-0.25, -0.2) is 0 Å². The molecule has 0 unspecified atom stereocenters. The Balaban J connectivity index is 2.26. The Morgan fingerprint density at radius 1 is 1.33 bits per heavy atom. The molecule has 1 saturated heterocycles. The van der Waals surface area contributed by atoms with Crippen molar-refractivity contribution in [1.29, 1.82) is 0 Å². The molecule has 134 valence electrons. The Kier molecular flexibility index (Phi) is 7.28. The van der Waals surface area contributed by atoms with Crippen LogP contribution in [0.2, 0.25) is 0 Å². The summed E-state index contributed by atoms with van der Waals surface area (Å²) < 4.78 is 11.0. The third kappa shape index (κ3) is 4.00. The first-order chi connectivity index (χ1) is 11.7. The Labute approximate surface area is 149 Å². The van der Waals surface area contributed by atoms with Crippen molar-refractivity contribution in [2.75, 3.05) is 26.5 Å². The average Bonchev–Trinajstić information content (AvgIpc) is 3.10. The lowest BCUT2D eigenvalue weighted by Gasteiger charge is -2.29. The van der Waals surface area contributed by atoms with Crippen molar-refractivity contribution in [3.63, 3.8) is 0 Å². The summed E-state index contributed by atoms with van der Waals surface area (Å²) in [5, 5.41) is 0.0122. The zero-order chi connectivity index (χ0) is 17.5. The minimum atomic E-state index is 0.0122. The van der Waals surface area contributed by atoms with Gasteiger partial charge < -0.3 is 14.4 Å². The van der Waals surface area contributed by atoms with Crippen LogP contribution in [0.1, 0.15) is 50.5 Å². The van der Waals surface area contributed by atoms with Crippen molar-refractivity contribution >= 4 is 17.7 Å². The summed E-state index contributed by atoms with van der Waals surface area (Å²) >= 11 is 1.80. The van der Waals surface area contributed by atoms with Gasteiger partial charge in [-0.05, 0) is 18.9 Å². The Bertz CT molecular complexity index is 549. The van der Waals surface area contributed by atoms with Gasteiger partial charge in [0.05, 0.1) is 14.2 Å².